The second kappa shape index (κ2) is 7.92. The molecular formula is C22H29N5O4. The molecule has 9 heteroatoms. The van der Waals surface area contributed by atoms with Crippen LogP contribution in [0.5, 0.6) is 0 Å². The maximum absolute atomic E-state index is 13.2. The Morgan fingerprint density at radius 1 is 1.06 bits per heavy atom. The highest BCUT2D eigenvalue weighted by molar-refractivity contribution is 5.86. The van der Waals surface area contributed by atoms with Gasteiger partial charge in [-0.25, -0.2) is 4.98 Å². The number of fused-ring (bicyclic) bond motifs is 2. The van der Waals surface area contributed by atoms with Crippen LogP contribution in [0.15, 0.2) is 12.4 Å². The summed E-state index contributed by atoms with van der Waals surface area (Å²) in [7, 11) is 0. The van der Waals surface area contributed by atoms with Gasteiger partial charge in [0.05, 0.1) is 25.8 Å². The van der Waals surface area contributed by atoms with Crippen LogP contribution in [0.4, 0.5) is 0 Å². The van der Waals surface area contributed by atoms with Gasteiger partial charge in [0.1, 0.15) is 16.8 Å². The number of imidazole rings is 1. The predicted molar refractivity (Wildman–Crippen MR) is 109 cm³/mol. The molecule has 166 valence electrons. The SMILES string of the molecule is N#CC1(C(=O)N2CCC3(CC2)OC(C(=O)N2CCOCC2)Cn2ccnc23)CCCC1. The van der Waals surface area contributed by atoms with Gasteiger partial charge in [-0.3, -0.25) is 9.59 Å². The van der Waals surface area contributed by atoms with E-state index in [-0.39, 0.29) is 11.8 Å². The predicted octanol–water partition coefficient (Wildman–Crippen LogP) is 1.04. The summed E-state index contributed by atoms with van der Waals surface area (Å²) in [5.74, 6) is 0.791. The molecule has 3 aliphatic heterocycles. The first-order valence-corrected chi connectivity index (χ1v) is 11.3. The Balaban J connectivity index is 1.33. The van der Waals surface area contributed by atoms with E-state index in [0.29, 0.717) is 71.6 Å². The van der Waals surface area contributed by atoms with E-state index >= 15 is 0 Å². The van der Waals surface area contributed by atoms with Crippen molar-refractivity contribution >= 4 is 11.8 Å². The van der Waals surface area contributed by atoms with Crippen LogP contribution < -0.4 is 0 Å². The third kappa shape index (κ3) is 3.42. The fourth-order valence-corrected chi connectivity index (χ4v) is 5.58. The minimum absolute atomic E-state index is 0.00470. The number of likely N-dealkylation sites (tertiary alicyclic amines) is 1. The summed E-state index contributed by atoms with van der Waals surface area (Å²) in [4.78, 5) is 34.5. The lowest BCUT2D eigenvalue weighted by molar-refractivity contribution is -0.185. The molecule has 2 amide bonds. The summed E-state index contributed by atoms with van der Waals surface area (Å²) in [6.45, 7) is 3.74. The summed E-state index contributed by atoms with van der Waals surface area (Å²) in [5.41, 5.74) is -1.54. The molecule has 1 atom stereocenters. The number of carbonyl (C=O) groups excluding carboxylic acids is 2. The zero-order valence-electron chi connectivity index (χ0n) is 17.8. The van der Waals surface area contributed by atoms with Crippen LogP contribution in [0.1, 0.15) is 44.3 Å². The van der Waals surface area contributed by atoms with Gasteiger partial charge in [-0.15, -0.1) is 0 Å². The Kier molecular flexibility index (Phi) is 5.22. The molecule has 1 spiro atoms. The second-order valence-corrected chi connectivity index (χ2v) is 9.13. The Bertz CT molecular complexity index is 886. The molecule has 1 saturated carbocycles. The van der Waals surface area contributed by atoms with Gasteiger partial charge in [0.2, 0.25) is 5.91 Å². The van der Waals surface area contributed by atoms with Gasteiger partial charge in [-0.2, -0.15) is 5.26 Å². The molecule has 3 fully saturated rings. The lowest BCUT2D eigenvalue weighted by Crippen LogP contribution is -2.57. The van der Waals surface area contributed by atoms with E-state index in [1.807, 2.05) is 20.6 Å². The first-order chi connectivity index (χ1) is 15.1. The van der Waals surface area contributed by atoms with Crippen molar-refractivity contribution in [2.45, 2.75) is 56.8 Å². The lowest BCUT2D eigenvalue weighted by Gasteiger charge is -2.47. The van der Waals surface area contributed by atoms with Crippen LogP contribution >= 0.6 is 0 Å². The Morgan fingerprint density at radius 3 is 2.45 bits per heavy atom. The van der Waals surface area contributed by atoms with Crippen molar-refractivity contribution in [1.82, 2.24) is 19.4 Å². The van der Waals surface area contributed by atoms with Crippen molar-refractivity contribution in [2.75, 3.05) is 39.4 Å². The molecule has 5 rings (SSSR count). The molecule has 0 aromatic carbocycles. The third-order valence-corrected chi connectivity index (χ3v) is 7.39. The number of carbonyl (C=O) groups is 2. The van der Waals surface area contributed by atoms with Crippen molar-refractivity contribution < 1.29 is 19.1 Å². The maximum atomic E-state index is 13.2. The molecule has 1 unspecified atom stereocenters. The number of hydrogen-bond acceptors (Lipinski definition) is 6. The van der Waals surface area contributed by atoms with Crippen LogP contribution in [-0.4, -0.2) is 76.7 Å². The number of morpholine rings is 1. The highest BCUT2D eigenvalue weighted by Gasteiger charge is 2.51. The summed E-state index contributed by atoms with van der Waals surface area (Å²) >= 11 is 0. The van der Waals surface area contributed by atoms with Crippen LogP contribution in [0.3, 0.4) is 0 Å². The minimum Gasteiger partial charge on any atom is -0.378 e. The van der Waals surface area contributed by atoms with Gasteiger partial charge >= 0.3 is 0 Å². The fraction of sp³-hybridized carbons (Fsp3) is 0.727. The normalized spacial score (nSPS) is 27.0. The van der Waals surface area contributed by atoms with Crippen molar-refractivity contribution in [1.29, 1.82) is 5.26 Å². The molecule has 0 radical (unpaired) electrons. The molecule has 0 N–H and O–H groups in total. The first-order valence-electron chi connectivity index (χ1n) is 11.3. The molecule has 1 aliphatic carbocycles. The number of aromatic nitrogens is 2. The highest BCUT2D eigenvalue weighted by atomic mass is 16.5. The molecular weight excluding hydrogens is 398 g/mol. The average molecular weight is 428 g/mol. The molecule has 4 aliphatic rings. The van der Waals surface area contributed by atoms with E-state index in [4.69, 9.17) is 9.47 Å². The zero-order chi connectivity index (χ0) is 21.5. The van der Waals surface area contributed by atoms with Crippen molar-refractivity contribution in [2.24, 2.45) is 5.41 Å². The molecule has 1 aromatic heterocycles. The van der Waals surface area contributed by atoms with E-state index in [1.165, 1.54) is 0 Å². The number of rotatable bonds is 2. The van der Waals surface area contributed by atoms with E-state index in [9.17, 15) is 14.9 Å². The maximum Gasteiger partial charge on any atom is 0.253 e. The largest absolute Gasteiger partial charge is 0.378 e. The van der Waals surface area contributed by atoms with Gasteiger partial charge in [0, 0.05) is 51.4 Å². The summed E-state index contributed by atoms with van der Waals surface area (Å²) in [6.07, 6.45) is 7.41. The molecule has 0 bridgehead atoms. The fourth-order valence-electron chi connectivity index (χ4n) is 5.58. The number of piperidine rings is 1. The molecule has 31 heavy (non-hydrogen) atoms. The van der Waals surface area contributed by atoms with Gasteiger partial charge in [-0.1, -0.05) is 12.8 Å². The van der Waals surface area contributed by atoms with E-state index in [1.54, 1.807) is 6.20 Å². The standard InChI is InChI=1S/C22H29N5O4/c23-16-21(3-1-2-4-21)20(29)26-8-5-22(6-9-26)19-24-7-10-27(19)15-17(31-22)18(28)25-11-13-30-14-12-25/h7,10,17H,1-6,8-9,11-15H2. The number of nitrogens with zero attached hydrogens (tertiary/aromatic N) is 5. The zero-order valence-corrected chi connectivity index (χ0v) is 17.8. The second-order valence-electron chi connectivity index (χ2n) is 9.13. The first kappa shape index (κ1) is 20.5. The summed E-state index contributed by atoms with van der Waals surface area (Å²) < 4.78 is 13.9. The smallest absolute Gasteiger partial charge is 0.253 e. The quantitative estimate of drug-likeness (QED) is 0.699. The Morgan fingerprint density at radius 2 is 1.77 bits per heavy atom. The van der Waals surface area contributed by atoms with Crippen LogP contribution in [0.2, 0.25) is 0 Å². The number of nitriles is 1. The highest BCUT2D eigenvalue weighted by Crippen LogP contribution is 2.43. The van der Waals surface area contributed by atoms with Crippen molar-refractivity contribution in [3.8, 4) is 6.07 Å². The lowest BCUT2D eigenvalue weighted by atomic mass is 9.83. The Hall–Kier alpha value is -2.44. The molecule has 4 heterocycles. The number of ether oxygens (including phenoxy) is 2. The van der Waals surface area contributed by atoms with Crippen molar-refractivity contribution in [3.63, 3.8) is 0 Å². The summed E-state index contributed by atoms with van der Waals surface area (Å²) in [6, 6.07) is 2.32. The average Bonchev–Trinajstić information content (AvgIpc) is 3.50. The molecule has 2 saturated heterocycles. The van der Waals surface area contributed by atoms with Crippen molar-refractivity contribution in [3.05, 3.63) is 18.2 Å². The van der Waals surface area contributed by atoms with Gasteiger partial charge in [0.25, 0.3) is 5.91 Å². The van der Waals surface area contributed by atoms with Gasteiger partial charge < -0.3 is 23.8 Å². The van der Waals surface area contributed by atoms with E-state index in [0.717, 1.165) is 18.7 Å². The summed E-state index contributed by atoms with van der Waals surface area (Å²) in [5, 5.41) is 9.70. The van der Waals surface area contributed by atoms with Gasteiger partial charge in [-0.05, 0) is 12.8 Å². The van der Waals surface area contributed by atoms with Crippen LogP contribution in [-0.2, 0) is 31.2 Å². The number of amides is 2. The Labute approximate surface area is 181 Å². The molecule has 1 aromatic rings. The minimum atomic E-state index is -0.856. The monoisotopic (exact) mass is 427 g/mol. The van der Waals surface area contributed by atoms with Crippen LogP contribution in [0, 0.1) is 16.7 Å². The van der Waals surface area contributed by atoms with Gasteiger partial charge in [0.15, 0.2) is 6.10 Å². The topological polar surface area (TPSA) is 101 Å². The van der Waals surface area contributed by atoms with E-state index < -0.39 is 17.1 Å². The molecule has 9 nitrogen and oxygen atoms in total. The third-order valence-electron chi connectivity index (χ3n) is 7.39. The number of hydrogen-bond donors (Lipinski definition) is 0. The van der Waals surface area contributed by atoms with E-state index in [2.05, 4.69) is 11.1 Å². The van der Waals surface area contributed by atoms with Crippen LogP contribution in [0.25, 0.3) is 0 Å².